The van der Waals surface area contributed by atoms with Gasteiger partial charge < -0.3 is 14.8 Å². The van der Waals surface area contributed by atoms with Gasteiger partial charge >= 0.3 is 5.97 Å². The molecule has 2 aromatic carbocycles. The normalized spacial score (nSPS) is 15.4. The Morgan fingerprint density at radius 3 is 2.70 bits per heavy atom. The first-order valence-corrected chi connectivity index (χ1v) is 9.47. The number of aromatic nitrogens is 4. The van der Waals surface area contributed by atoms with Gasteiger partial charge in [-0.2, -0.15) is 4.68 Å². The van der Waals surface area contributed by atoms with Gasteiger partial charge in [-0.25, -0.2) is 9.18 Å². The average Bonchev–Trinajstić information content (AvgIpc) is 3.21. The van der Waals surface area contributed by atoms with Gasteiger partial charge in [-0.3, -0.25) is 0 Å². The number of esters is 1. The van der Waals surface area contributed by atoms with Gasteiger partial charge in [-0.05, 0) is 48.0 Å². The van der Waals surface area contributed by atoms with Crippen LogP contribution >= 0.6 is 0 Å². The van der Waals surface area contributed by atoms with Crippen LogP contribution in [0.1, 0.15) is 31.0 Å². The summed E-state index contributed by atoms with van der Waals surface area (Å²) in [6.07, 6.45) is 0. The number of benzene rings is 2. The molecule has 30 heavy (non-hydrogen) atoms. The predicted molar refractivity (Wildman–Crippen MR) is 106 cm³/mol. The quantitative estimate of drug-likeness (QED) is 0.625. The number of nitrogens with zero attached hydrogens (tertiary/aromatic N) is 4. The maximum absolute atomic E-state index is 13.8. The Kier molecular flexibility index (Phi) is 5.42. The van der Waals surface area contributed by atoms with Crippen molar-refractivity contribution >= 4 is 11.9 Å². The molecule has 1 aromatic heterocycles. The number of halogens is 1. The zero-order valence-electron chi connectivity index (χ0n) is 16.5. The highest BCUT2D eigenvalue weighted by Crippen LogP contribution is 2.35. The molecule has 0 saturated heterocycles. The smallest absolute Gasteiger partial charge is 0.338 e. The maximum Gasteiger partial charge on any atom is 0.338 e. The van der Waals surface area contributed by atoms with Crippen LogP contribution in [0.3, 0.4) is 0 Å². The number of rotatable bonds is 6. The number of fused-ring (bicyclic) bond motifs is 1. The van der Waals surface area contributed by atoms with E-state index >= 15 is 0 Å². The Hall–Kier alpha value is -3.75. The molecule has 1 N–H and O–H groups in total. The number of anilines is 1. The second kappa shape index (κ2) is 8.32. The van der Waals surface area contributed by atoms with E-state index in [9.17, 15) is 9.18 Å². The molecule has 1 unspecified atom stereocenters. The van der Waals surface area contributed by atoms with E-state index in [2.05, 4.69) is 20.8 Å². The second-order valence-corrected chi connectivity index (χ2v) is 6.68. The average molecular weight is 409 g/mol. The van der Waals surface area contributed by atoms with Crippen molar-refractivity contribution in [3.63, 3.8) is 0 Å². The summed E-state index contributed by atoms with van der Waals surface area (Å²) in [6.45, 7) is 3.91. The lowest BCUT2D eigenvalue weighted by Crippen LogP contribution is -2.29. The van der Waals surface area contributed by atoms with E-state index in [-0.39, 0.29) is 19.0 Å². The first-order chi connectivity index (χ1) is 14.6. The largest absolute Gasteiger partial charge is 0.489 e. The highest BCUT2D eigenvalue weighted by Gasteiger charge is 2.34. The summed E-state index contributed by atoms with van der Waals surface area (Å²) >= 11 is 0. The molecule has 0 fully saturated rings. The summed E-state index contributed by atoms with van der Waals surface area (Å²) in [6, 6.07) is 13.1. The maximum atomic E-state index is 13.8. The van der Waals surface area contributed by atoms with Crippen molar-refractivity contribution in [1.29, 1.82) is 0 Å². The standard InChI is InChI=1S/C21H20FN5O3/c1-3-29-20(28)18-13(2)23-21-24-25-26-27(21)19(18)14-8-10-16(11-9-14)30-12-15-6-4-5-7-17(15)22/h4-11,19H,3,12H2,1-2H3,(H,23,24,26). The van der Waals surface area contributed by atoms with Gasteiger partial charge in [0.1, 0.15) is 24.2 Å². The molecule has 8 nitrogen and oxygen atoms in total. The number of carbonyl (C=O) groups excluding carboxylic acids is 1. The highest BCUT2D eigenvalue weighted by atomic mass is 19.1. The van der Waals surface area contributed by atoms with Crippen LogP contribution in [0.4, 0.5) is 10.3 Å². The van der Waals surface area contributed by atoms with E-state index in [1.165, 1.54) is 10.7 Å². The Bertz CT molecular complexity index is 1090. The molecule has 0 saturated carbocycles. The first-order valence-electron chi connectivity index (χ1n) is 9.47. The monoisotopic (exact) mass is 409 g/mol. The molecular weight excluding hydrogens is 389 g/mol. The molecule has 0 bridgehead atoms. The lowest BCUT2D eigenvalue weighted by Gasteiger charge is -2.27. The van der Waals surface area contributed by atoms with Crippen molar-refractivity contribution in [2.75, 3.05) is 11.9 Å². The SMILES string of the molecule is CCOC(=O)C1=C(C)Nc2nnnn2C1c1ccc(OCc2ccccc2F)cc1. The van der Waals surface area contributed by atoms with Gasteiger partial charge in [-0.1, -0.05) is 35.4 Å². The number of nitrogens with one attached hydrogen (secondary N) is 1. The lowest BCUT2D eigenvalue weighted by molar-refractivity contribution is -0.139. The molecule has 0 spiro atoms. The molecule has 0 radical (unpaired) electrons. The summed E-state index contributed by atoms with van der Waals surface area (Å²) in [5.41, 5.74) is 2.31. The molecule has 9 heteroatoms. The summed E-state index contributed by atoms with van der Waals surface area (Å²) in [5, 5.41) is 14.7. The number of tetrazole rings is 1. The predicted octanol–water partition coefficient (Wildman–Crippen LogP) is 3.24. The highest BCUT2D eigenvalue weighted by molar-refractivity contribution is 5.92. The van der Waals surface area contributed by atoms with E-state index < -0.39 is 12.0 Å². The molecule has 2 heterocycles. The fraction of sp³-hybridized carbons (Fsp3) is 0.238. The lowest BCUT2D eigenvalue weighted by atomic mass is 9.96. The molecule has 3 aromatic rings. The van der Waals surface area contributed by atoms with E-state index in [0.29, 0.717) is 28.5 Å². The minimum Gasteiger partial charge on any atom is -0.489 e. The zero-order valence-corrected chi connectivity index (χ0v) is 16.5. The van der Waals surface area contributed by atoms with Crippen molar-refractivity contribution in [3.8, 4) is 5.75 Å². The van der Waals surface area contributed by atoms with Gasteiger partial charge in [0.25, 0.3) is 0 Å². The van der Waals surface area contributed by atoms with Gasteiger partial charge in [0.05, 0.1) is 12.2 Å². The van der Waals surface area contributed by atoms with Crippen LogP contribution in [-0.4, -0.2) is 32.8 Å². The molecule has 0 amide bonds. The molecule has 1 aliphatic rings. The van der Waals surface area contributed by atoms with Crippen molar-refractivity contribution in [1.82, 2.24) is 20.2 Å². The van der Waals surface area contributed by atoms with E-state index in [1.54, 1.807) is 44.2 Å². The Balaban J connectivity index is 1.60. The molecule has 0 aliphatic carbocycles. The first kappa shape index (κ1) is 19.6. The van der Waals surface area contributed by atoms with Crippen molar-refractivity contribution in [2.24, 2.45) is 0 Å². The third-order valence-electron chi connectivity index (χ3n) is 4.76. The van der Waals surface area contributed by atoms with Crippen LogP contribution in [0, 0.1) is 5.82 Å². The van der Waals surface area contributed by atoms with Gasteiger partial charge in [0.2, 0.25) is 5.95 Å². The number of hydrogen-bond donors (Lipinski definition) is 1. The van der Waals surface area contributed by atoms with Crippen LogP contribution in [0.5, 0.6) is 5.75 Å². The summed E-state index contributed by atoms with van der Waals surface area (Å²) in [4.78, 5) is 12.6. The van der Waals surface area contributed by atoms with E-state index in [0.717, 1.165) is 5.56 Å². The molecule has 1 atom stereocenters. The topological polar surface area (TPSA) is 91.2 Å². The summed E-state index contributed by atoms with van der Waals surface area (Å²) in [7, 11) is 0. The van der Waals surface area contributed by atoms with Gasteiger partial charge in [-0.15, -0.1) is 0 Å². The molecule has 154 valence electrons. The fourth-order valence-corrected chi connectivity index (χ4v) is 3.32. The van der Waals surface area contributed by atoms with Crippen molar-refractivity contribution < 1.29 is 18.7 Å². The van der Waals surface area contributed by atoms with Crippen LogP contribution in [0.2, 0.25) is 0 Å². The third kappa shape index (κ3) is 3.73. The number of ether oxygens (including phenoxy) is 2. The molecule has 4 rings (SSSR count). The Labute approximate surface area is 172 Å². The molecular formula is C21H20FN5O3. The minimum absolute atomic E-state index is 0.115. The van der Waals surface area contributed by atoms with Crippen molar-refractivity contribution in [3.05, 3.63) is 76.7 Å². The zero-order chi connectivity index (χ0) is 21.1. The number of allylic oxidation sites excluding steroid dienone is 1. The number of hydrogen-bond acceptors (Lipinski definition) is 7. The van der Waals surface area contributed by atoms with E-state index in [4.69, 9.17) is 9.47 Å². The molecule has 1 aliphatic heterocycles. The fourth-order valence-electron chi connectivity index (χ4n) is 3.32. The van der Waals surface area contributed by atoms with E-state index in [1.807, 2.05) is 12.1 Å². The van der Waals surface area contributed by atoms with Gasteiger partial charge in [0, 0.05) is 11.3 Å². The van der Waals surface area contributed by atoms with Crippen LogP contribution in [0.25, 0.3) is 0 Å². The van der Waals surface area contributed by atoms with Crippen LogP contribution in [-0.2, 0) is 16.1 Å². The number of carbonyl (C=O) groups is 1. The Morgan fingerprint density at radius 2 is 1.97 bits per heavy atom. The minimum atomic E-state index is -0.545. The summed E-state index contributed by atoms with van der Waals surface area (Å²) < 4.78 is 26.2. The van der Waals surface area contributed by atoms with Gasteiger partial charge in [0.15, 0.2) is 0 Å². The third-order valence-corrected chi connectivity index (χ3v) is 4.76. The van der Waals surface area contributed by atoms with Crippen LogP contribution < -0.4 is 10.1 Å². The van der Waals surface area contributed by atoms with Crippen molar-refractivity contribution in [2.45, 2.75) is 26.5 Å². The Morgan fingerprint density at radius 1 is 1.20 bits per heavy atom. The second-order valence-electron chi connectivity index (χ2n) is 6.68. The van der Waals surface area contributed by atoms with Crippen LogP contribution in [0.15, 0.2) is 59.8 Å². The summed E-state index contributed by atoms with van der Waals surface area (Å²) in [5.74, 6) is 0.264.